The van der Waals surface area contributed by atoms with Crippen molar-refractivity contribution in [3.63, 3.8) is 0 Å². The lowest BCUT2D eigenvalue weighted by Crippen LogP contribution is -2.65. The predicted octanol–water partition coefficient (Wildman–Crippen LogP) is 5.68. The molecule has 3 aliphatic rings. The number of hydrogen-bond donors (Lipinski definition) is 1. The quantitative estimate of drug-likeness (QED) is 0.0728. The van der Waals surface area contributed by atoms with Gasteiger partial charge in [0.25, 0.3) is 15.7 Å². The summed E-state index contributed by atoms with van der Waals surface area (Å²) in [5.74, 6) is -1.95. The van der Waals surface area contributed by atoms with Crippen molar-refractivity contribution >= 4 is 52.4 Å². The van der Waals surface area contributed by atoms with E-state index in [0.29, 0.717) is 28.6 Å². The molecule has 0 unspecified atom stereocenters. The van der Waals surface area contributed by atoms with Crippen molar-refractivity contribution in [1.29, 1.82) is 0 Å². The molecule has 3 aromatic carbocycles. The van der Waals surface area contributed by atoms with Crippen LogP contribution in [0.1, 0.15) is 45.7 Å². The van der Waals surface area contributed by atoms with Crippen molar-refractivity contribution in [2.45, 2.75) is 82.8 Å². The van der Waals surface area contributed by atoms with Gasteiger partial charge in [-0.15, -0.1) is 0 Å². The Hall–Kier alpha value is -4.11. The van der Waals surface area contributed by atoms with Gasteiger partial charge in [-0.3, -0.25) is 19.2 Å². The molecule has 1 N–H and O–H groups in total. The zero-order valence-electron chi connectivity index (χ0n) is 28.9. The first-order valence-electron chi connectivity index (χ1n) is 17.2. The first-order chi connectivity index (χ1) is 23.8. The van der Waals surface area contributed by atoms with E-state index in [1.807, 2.05) is 19.9 Å². The Morgan fingerprint density at radius 2 is 1.74 bits per heavy atom. The van der Waals surface area contributed by atoms with Crippen molar-refractivity contribution in [3.05, 3.63) is 87.1 Å². The van der Waals surface area contributed by atoms with Gasteiger partial charge >= 0.3 is 5.97 Å². The molecule has 4 atom stereocenters. The van der Waals surface area contributed by atoms with Gasteiger partial charge in [-0.25, -0.2) is 13.2 Å². The lowest BCUT2D eigenvalue weighted by atomic mass is 9.77. The number of aliphatic hydroxyl groups is 1. The van der Waals surface area contributed by atoms with Crippen molar-refractivity contribution < 1.29 is 37.2 Å². The molecule has 3 heterocycles. The van der Waals surface area contributed by atoms with E-state index in [1.165, 1.54) is 33.5 Å². The van der Waals surface area contributed by atoms with Crippen LogP contribution >= 0.6 is 0 Å². The number of benzene rings is 3. The largest absolute Gasteiger partial charge is 0.456 e. The van der Waals surface area contributed by atoms with Crippen LogP contribution in [0.3, 0.4) is 0 Å². The van der Waals surface area contributed by atoms with Gasteiger partial charge in [0.2, 0.25) is 5.91 Å². The van der Waals surface area contributed by atoms with Gasteiger partial charge < -0.3 is 19.2 Å². The lowest BCUT2D eigenvalue weighted by Gasteiger charge is -2.49. The molecule has 0 spiro atoms. The van der Waals surface area contributed by atoms with E-state index in [-0.39, 0.29) is 41.9 Å². The van der Waals surface area contributed by atoms with E-state index in [2.05, 4.69) is 20.8 Å². The van der Waals surface area contributed by atoms with Crippen LogP contribution in [-0.2, 0) is 41.8 Å². The van der Waals surface area contributed by atoms with Crippen molar-refractivity contribution in [2.24, 2.45) is 11.8 Å². The lowest BCUT2D eigenvalue weighted by molar-refractivity contribution is -0.384. The number of carbonyl (C=O) groups excluding carboxylic acids is 2. The number of rotatable bonds is 14. The topological polar surface area (TPSA) is 157 Å². The Kier molecular flexibility index (Phi) is 9.67. The highest BCUT2D eigenvalue weighted by atomic mass is 32.2. The van der Waals surface area contributed by atoms with Crippen LogP contribution < -0.4 is 4.31 Å². The second kappa shape index (κ2) is 13.5. The molecule has 50 heavy (non-hydrogen) atoms. The molecule has 12 nitrogen and oxygen atoms in total. The fourth-order valence-electron chi connectivity index (χ4n) is 7.98. The van der Waals surface area contributed by atoms with E-state index in [4.69, 9.17) is 9.16 Å². The van der Waals surface area contributed by atoms with Crippen LogP contribution in [-0.4, -0.2) is 68.8 Å². The van der Waals surface area contributed by atoms with Crippen LogP contribution in [0.4, 0.5) is 11.4 Å². The number of nitro benzene ring substituents is 1. The Labute approximate surface area is 293 Å². The fourth-order valence-corrected chi connectivity index (χ4v) is 12.6. The summed E-state index contributed by atoms with van der Waals surface area (Å²) in [4.78, 5) is 40.2. The molecule has 0 aromatic heterocycles. The van der Waals surface area contributed by atoms with Gasteiger partial charge in [0, 0.05) is 30.0 Å². The van der Waals surface area contributed by atoms with Gasteiger partial charge in [-0.1, -0.05) is 45.9 Å². The van der Waals surface area contributed by atoms with Crippen LogP contribution in [0, 0.1) is 22.0 Å². The SMILES string of the molecule is CC[Si](CC)(CC)O[C@H](C)[C@H]1C(=O)N2C(C(=O)OCc3ccc([N+](=O)[O-])cc3)=C(CN3c4cccc5c(CCO)ccc(c45)S3(=O)=O)[C@H](C)[C@H]12. The van der Waals surface area contributed by atoms with Crippen LogP contribution in [0.5, 0.6) is 0 Å². The minimum atomic E-state index is -4.04. The Morgan fingerprint density at radius 1 is 1.06 bits per heavy atom. The maximum Gasteiger partial charge on any atom is 0.355 e. The molecular formula is C36H43N3O9SSi. The molecule has 266 valence electrons. The molecule has 0 radical (unpaired) electrons. The minimum absolute atomic E-state index is 0.0298. The molecule has 0 saturated carbocycles. The third-order valence-corrected chi connectivity index (χ3v) is 17.5. The Balaban J connectivity index is 1.37. The van der Waals surface area contributed by atoms with E-state index in [1.54, 1.807) is 24.3 Å². The van der Waals surface area contributed by atoms with Gasteiger partial charge in [0.15, 0.2) is 8.32 Å². The number of non-ortho nitro benzene ring substituents is 1. The standard InChI is InChI=1S/C36H43N3O9SSi/c1-6-50(7-2,8-3)48-23(5)31-33-22(4)28(34(38(33)35(31)41)36(42)47-21-24-12-15-26(16-13-24)39(43)44)20-37-29-11-9-10-27-25(18-19-40)14-17-30(32(27)29)49(37,45)46/h9-17,22-23,31,33,40H,6-8,18-21H2,1-5H3/t22-,23+,31+,33+/m0/s1. The van der Waals surface area contributed by atoms with Crippen molar-refractivity contribution in [3.8, 4) is 0 Å². The molecule has 1 saturated heterocycles. The molecule has 3 aliphatic heterocycles. The Bertz CT molecular complexity index is 1990. The van der Waals surface area contributed by atoms with Gasteiger partial charge in [-0.2, -0.15) is 0 Å². The van der Waals surface area contributed by atoms with E-state index in [9.17, 15) is 33.2 Å². The first kappa shape index (κ1) is 35.7. The van der Waals surface area contributed by atoms with Crippen molar-refractivity contribution in [2.75, 3.05) is 17.5 Å². The zero-order chi connectivity index (χ0) is 36.1. The molecule has 0 aliphatic carbocycles. The first-order valence-corrected chi connectivity index (χ1v) is 21.1. The molecule has 14 heteroatoms. The normalized spacial score (nSPS) is 21.4. The number of β-lactam (4-membered cyclic amide) rings is 1. The number of nitrogens with zero attached hydrogens (tertiary/aromatic N) is 3. The number of amides is 1. The molecule has 0 bridgehead atoms. The van der Waals surface area contributed by atoms with E-state index in [0.717, 1.165) is 29.1 Å². The summed E-state index contributed by atoms with van der Waals surface area (Å²) >= 11 is 0. The number of ether oxygens (including phenoxy) is 1. The third kappa shape index (κ3) is 5.71. The maximum absolute atomic E-state index is 14.2. The summed E-state index contributed by atoms with van der Waals surface area (Å²) in [5.41, 5.74) is 2.22. The highest BCUT2D eigenvalue weighted by Crippen LogP contribution is 2.51. The average molecular weight is 722 g/mol. The van der Waals surface area contributed by atoms with Gasteiger partial charge in [-0.05, 0) is 77.8 Å². The molecule has 6 rings (SSSR count). The molecule has 1 fully saturated rings. The number of fused-ring (bicyclic) bond motifs is 1. The monoisotopic (exact) mass is 721 g/mol. The van der Waals surface area contributed by atoms with Gasteiger partial charge in [0.05, 0.1) is 40.1 Å². The third-order valence-electron chi connectivity index (χ3n) is 11.0. The highest BCUT2D eigenvalue weighted by molar-refractivity contribution is 7.93. The average Bonchev–Trinajstić information content (AvgIpc) is 3.48. The number of nitro groups is 1. The maximum atomic E-state index is 14.2. The van der Waals surface area contributed by atoms with E-state index < -0.39 is 53.2 Å². The van der Waals surface area contributed by atoms with Crippen LogP contribution in [0.25, 0.3) is 10.8 Å². The second-order valence-corrected chi connectivity index (χ2v) is 19.9. The fraction of sp³-hybridized carbons (Fsp3) is 0.444. The summed E-state index contributed by atoms with van der Waals surface area (Å²) in [6.07, 6.45) is -0.0285. The summed E-state index contributed by atoms with van der Waals surface area (Å²) in [6.45, 7) is 9.75. The molecular weight excluding hydrogens is 679 g/mol. The molecule has 3 aromatic rings. The zero-order valence-corrected chi connectivity index (χ0v) is 30.7. The number of carbonyl (C=O) groups is 2. The van der Waals surface area contributed by atoms with E-state index >= 15 is 0 Å². The predicted molar refractivity (Wildman–Crippen MR) is 190 cm³/mol. The molecule has 1 amide bonds. The number of aliphatic hydroxyl groups excluding tert-OH is 1. The number of esters is 1. The summed E-state index contributed by atoms with van der Waals surface area (Å²) in [5, 5.41) is 22.0. The van der Waals surface area contributed by atoms with Crippen molar-refractivity contribution in [1.82, 2.24) is 4.90 Å². The number of hydrogen-bond acceptors (Lipinski definition) is 9. The summed E-state index contributed by atoms with van der Waals surface area (Å²) in [6, 6.07) is 16.6. The minimum Gasteiger partial charge on any atom is -0.456 e. The summed E-state index contributed by atoms with van der Waals surface area (Å²) in [7, 11) is -6.12. The van der Waals surface area contributed by atoms with Crippen LogP contribution in [0.15, 0.2) is 70.8 Å². The highest BCUT2D eigenvalue weighted by Gasteiger charge is 2.61. The Morgan fingerprint density at radius 3 is 2.36 bits per heavy atom. The number of sulfonamides is 1. The van der Waals surface area contributed by atoms with Gasteiger partial charge in [0.1, 0.15) is 12.3 Å². The van der Waals surface area contributed by atoms with Crippen LogP contribution in [0.2, 0.25) is 18.1 Å². The smallest absolute Gasteiger partial charge is 0.355 e. The second-order valence-electron chi connectivity index (χ2n) is 13.4. The number of anilines is 1. The summed E-state index contributed by atoms with van der Waals surface area (Å²) < 4.78 is 42.1.